The Morgan fingerprint density at radius 1 is 1.44 bits per heavy atom. The van der Waals surface area contributed by atoms with Crippen LogP contribution in [0.15, 0.2) is 35.1 Å². The van der Waals surface area contributed by atoms with Gasteiger partial charge in [0.1, 0.15) is 11.9 Å². The van der Waals surface area contributed by atoms with Crippen molar-refractivity contribution in [3.05, 3.63) is 58.0 Å². The van der Waals surface area contributed by atoms with Gasteiger partial charge < -0.3 is 14.5 Å². The number of nitrogens with zero attached hydrogens (tertiary/aromatic N) is 2. The Balaban J connectivity index is 1.48. The van der Waals surface area contributed by atoms with E-state index in [-0.39, 0.29) is 23.2 Å². The number of hydrogen-bond donors (Lipinski definition) is 1. The molecular formula is C18H22FN3O3. The fourth-order valence-electron chi connectivity index (χ4n) is 2.88. The van der Waals surface area contributed by atoms with Gasteiger partial charge in [-0.05, 0) is 25.5 Å². The minimum atomic E-state index is -0.343. The van der Waals surface area contributed by atoms with Crippen LogP contribution in [0.25, 0.3) is 0 Å². The molecule has 1 atom stereocenters. The third-order valence-electron chi connectivity index (χ3n) is 4.07. The van der Waals surface area contributed by atoms with Crippen LogP contribution >= 0.6 is 0 Å². The maximum absolute atomic E-state index is 13.5. The molecule has 1 aromatic carbocycles. The van der Waals surface area contributed by atoms with Gasteiger partial charge >= 0.3 is 0 Å². The summed E-state index contributed by atoms with van der Waals surface area (Å²) in [5.74, 6) is 0.525. The van der Waals surface area contributed by atoms with E-state index in [2.05, 4.69) is 14.9 Å². The fraction of sp³-hybridized carbons (Fsp3) is 0.444. The van der Waals surface area contributed by atoms with E-state index in [9.17, 15) is 9.18 Å². The van der Waals surface area contributed by atoms with Crippen molar-refractivity contribution < 1.29 is 13.9 Å². The molecule has 1 aliphatic rings. The van der Waals surface area contributed by atoms with Crippen LogP contribution < -0.4 is 10.3 Å². The van der Waals surface area contributed by atoms with E-state index in [1.807, 2.05) is 0 Å². The maximum Gasteiger partial charge on any atom is 0.251 e. The molecule has 1 saturated heterocycles. The summed E-state index contributed by atoms with van der Waals surface area (Å²) in [6.07, 6.45) is 0.574. The largest absolute Gasteiger partial charge is 0.490 e. The minimum Gasteiger partial charge on any atom is -0.490 e. The molecule has 0 bridgehead atoms. The molecule has 7 heteroatoms. The van der Waals surface area contributed by atoms with Gasteiger partial charge in [-0.3, -0.25) is 9.69 Å². The number of aromatic amines is 1. The number of rotatable bonds is 6. The molecule has 0 radical (unpaired) electrons. The molecule has 0 aliphatic carbocycles. The summed E-state index contributed by atoms with van der Waals surface area (Å²) in [5, 5.41) is 0. The normalized spacial score (nSPS) is 18.2. The molecule has 0 amide bonds. The van der Waals surface area contributed by atoms with Gasteiger partial charge in [0.15, 0.2) is 11.6 Å². The van der Waals surface area contributed by atoms with Crippen LogP contribution in [0, 0.1) is 12.7 Å². The summed E-state index contributed by atoms with van der Waals surface area (Å²) in [6, 6.07) is 7.89. The van der Waals surface area contributed by atoms with E-state index in [1.165, 1.54) is 12.1 Å². The van der Waals surface area contributed by atoms with Crippen molar-refractivity contribution in [1.82, 2.24) is 14.9 Å². The molecule has 2 aromatic rings. The van der Waals surface area contributed by atoms with E-state index in [0.717, 1.165) is 19.5 Å². The molecule has 2 heterocycles. The zero-order chi connectivity index (χ0) is 17.6. The summed E-state index contributed by atoms with van der Waals surface area (Å²) in [6.45, 7) is 5.10. The van der Waals surface area contributed by atoms with Crippen LogP contribution in [0.5, 0.6) is 5.75 Å². The standard InChI is InChI=1S/C18H22FN3O3/c1-13-20-15(11-18(23)21-13)17-12-22(8-10-25-17)7-4-9-24-16-6-3-2-5-14(16)19/h2-3,5-6,11,17H,4,7-10,12H2,1H3,(H,20,21,23)/t17-/m1/s1. The molecule has 1 aromatic heterocycles. The molecule has 1 aliphatic heterocycles. The Labute approximate surface area is 145 Å². The first-order chi connectivity index (χ1) is 12.1. The summed E-state index contributed by atoms with van der Waals surface area (Å²) in [7, 11) is 0. The summed E-state index contributed by atoms with van der Waals surface area (Å²) in [4.78, 5) is 20.8. The first kappa shape index (κ1) is 17.6. The number of aryl methyl sites for hydroxylation is 1. The zero-order valence-electron chi connectivity index (χ0n) is 14.2. The second-order valence-corrected chi connectivity index (χ2v) is 6.05. The molecule has 0 saturated carbocycles. The van der Waals surface area contributed by atoms with Crippen LogP contribution in [0.4, 0.5) is 4.39 Å². The van der Waals surface area contributed by atoms with Gasteiger partial charge in [-0.2, -0.15) is 0 Å². The first-order valence-electron chi connectivity index (χ1n) is 8.41. The Morgan fingerprint density at radius 2 is 2.28 bits per heavy atom. The monoisotopic (exact) mass is 347 g/mol. The molecule has 3 rings (SSSR count). The highest BCUT2D eigenvalue weighted by Crippen LogP contribution is 2.20. The number of benzene rings is 1. The molecule has 6 nitrogen and oxygen atoms in total. The molecule has 1 N–H and O–H groups in total. The number of ether oxygens (including phenoxy) is 2. The first-order valence-corrected chi connectivity index (χ1v) is 8.41. The van der Waals surface area contributed by atoms with Gasteiger partial charge in [0, 0.05) is 25.7 Å². The highest BCUT2D eigenvalue weighted by atomic mass is 19.1. The second-order valence-electron chi connectivity index (χ2n) is 6.05. The number of para-hydroxylation sites is 1. The van der Waals surface area contributed by atoms with Crippen molar-refractivity contribution in [2.45, 2.75) is 19.4 Å². The number of hydrogen-bond acceptors (Lipinski definition) is 5. The fourth-order valence-corrected chi connectivity index (χ4v) is 2.88. The molecule has 0 spiro atoms. The van der Waals surface area contributed by atoms with Crippen molar-refractivity contribution in [1.29, 1.82) is 0 Å². The predicted molar refractivity (Wildman–Crippen MR) is 91.2 cm³/mol. The Bertz CT molecular complexity index is 765. The zero-order valence-corrected chi connectivity index (χ0v) is 14.2. The van der Waals surface area contributed by atoms with Crippen LogP contribution in [-0.4, -0.2) is 47.7 Å². The Morgan fingerprint density at radius 3 is 3.08 bits per heavy atom. The van der Waals surface area contributed by atoms with Gasteiger partial charge in [0.2, 0.25) is 0 Å². The van der Waals surface area contributed by atoms with Crippen LogP contribution in [-0.2, 0) is 4.74 Å². The lowest BCUT2D eigenvalue weighted by Gasteiger charge is -2.32. The number of aromatic nitrogens is 2. The molecule has 1 fully saturated rings. The average molecular weight is 347 g/mol. The van der Waals surface area contributed by atoms with Crippen molar-refractivity contribution >= 4 is 0 Å². The van der Waals surface area contributed by atoms with Crippen molar-refractivity contribution in [2.75, 3.05) is 32.8 Å². The molecule has 134 valence electrons. The van der Waals surface area contributed by atoms with E-state index in [0.29, 0.717) is 31.3 Å². The summed E-state index contributed by atoms with van der Waals surface area (Å²) >= 11 is 0. The van der Waals surface area contributed by atoms with E-state index < -0.39 is 0 Å². The summed E-state index contributed by atoms with van der Waals surface area (Å²) < 4.78 is 24.7. The Kier molecular flexibility index (Phi) is 5.78. The van der Waals surface area contributed by atoms with Crippen LogP contribution in [0.3, 0.4) is 0 Å². The van der Waals surface area contributed by atoms with E-state index in [4.69, 9.17) is 9.47 Å². The van der Waals surface area contributed by atoms with E-state index >= 15 is 0 Å². The van der Waals surface area contributed by atoms with Gasteiger partial charge in [-0.1, -0.05) is 12.1 Å². The topological polar surface area (TPSA) is 67.5 Å². The SMILES string of the molecule is Cc1nc([C@H]2CN(CCCOc3ccccc3F)CCO2)cc(=O)[nH]1. The Hall–Kier alpha value is -2.25. The second kappa shape index (κ2) is 8.22. The van der Waals surface area contributed by atoms with Crippen molar-refractivity contribution in [3.8, 4) is 5.75 Å². The number of morpholine rings is 1. The van der Waals surface area contributed by atoms with Crippen molar-refractivity contribution in [2.24, 2.45) is 0 Å². The van der Waals surface area contributed by atoms with Crippen LogP contribution in [0.2, 0.25) is 0 Å². The number of H-pyrrole nitrogens is 1. The lowest BCUT2D eigenvalue weighted by Crippen LogP contribution is -2.39. The van der Waals surface area contributed by atoms with E-state index in [1.54, 1.807) is 25.1 Å². The minimum absolute atomic E-state index is 0.165. The van der Waals surface area contributed by atoms with Gasteiger partial charge in [0.25, 0.3) is 5.56 Å². The lowest BCUT2D eigenvalue weighted by molar-refractivity contribution is -0.0332. The smallest absolute Gasteiger partial charge is 0.251 e. The average Bonchev–Trinajstić information content (AvgIpc) is 2.59. The predicted octanol–water partition coefficient (Wildman–Crippen LogP) is 2.06. The van der Waals surface area contributed by atoms with Crippen molar-refractivity contribution in [3.63, 3.8) is 0 Å². The maximum atomic E-state index is 13.5. The highest BCUT2D eigenvalue weighted by Gasteiger charge is 2.23. The van der Waals surface area contributed by atoms with Gasteiger partial charge in [-0.15, -0.1) is 0 Å². The van der Waals surface area contributed by atoms with Gasteiger partial charge in [-0.25, -0.2) is 9.37 Å². The number of halogens is 1. The van der Waals surface area contributed by atoms with Gasteiger partial charge in [0.05, 0.1) is 18.9 Å². The third-order valence-corrected chi connectivity index (χ3v) is 4.07. The molecule has 25 heavy (non-hydrogen) atoms. The third kappa shape index (κ3) is 4.87. The number of nitrogens with one attached hydrogen (secondary N) is 1. The summed E-state index contributed by atoms with van der Waals surface area (Å²) in [5.41, 5.74) is 0.495. The molecule has 0 unspecified atom stereocenters. The molecular weight excluding hydrogens is 325 g/mol. The quantitative estimate of drug-likeness (QED) is 0.810. The highest BCUT2D eigenvalue weighted by molar-refractivity contribution is 5.23. The lowest BCUT2D eigenvalue weighted by atomic mass is 10.2. The van der Waals surface area contributed by atoms with Crippen LogP contribution in [0.1, 0.15) is 24.0 Å².